The minimum absolute atomic E-state index is 0.120. The summed E-state index contributed by atoms with van der Waals surface area (Å²) in [7, 11) is 0. The van der Waals surface area contributed by atoms with E-state index in [2.05, 4.69) is 11.7 Å². The van der Waals surface area contributed by atoms with Crippen LogP contribution in [0.5, 0.6) is 5.75 Å². The average molecular weight is 398 g/mol. The molecule has 0 unspecified atom stereocenters. The molecule has 3 aromatic rings. The van der Waals surface area contributed by atoms with Gasteiger partial charge in [-0.2, -0.15) is 0 Å². The predicted molar refractivity (Wildman–Crippen MR) is 94.6 cm³/mol. The van der Waals surface area contributed by atoms with Crippen LogP contribution in [0, 0.1) is 17.5 Å². The highest BCUT2D eigenvalue weighted by Crippen LogP contribution is 2.35. The van der Waals surface area contributed by atoms with Gasteiger partial charge in [0.15, 0.2) is 11.6 Å². The van der Waals surface area contributed by atoms with Crippen LogP contribution in [-0.4, -0.2) is 6.36 Å². The Labute approximate surface area is 157 Å². The Morgan fingerprint density at radius 2 is 1.57 bits per heavy atom. The van der Waals surface area contributed by atoms with Crippen LogP contribution in [0.2, 0.25) is 0 Å². The first-order valence-corrected chi connectivity index (χ1v) is 8.66. The SMILES string of the molecule is CCCCc1ccc2c(F)c(-c3cc(F)c(OC(F)(F)F)c(F)c3)ccc2c1. The van der Waals surface area contributed by atoms with E-state index in [1.54, 1.807) is 18.2 Å². The Morgan fingerprint density at radius 1 is 0.893 bits per heavy atom. The van der Waals surface area contributed by atoms with Crippen molar-refractivity contribution in [3.05, 3.63) is 65.5 Å². The molecule has 0 atom stereocenters. The van der Waals surface area contributed by atoms with E-state index < -0.39 is 29.6 Å². The smallest absolute Gasteiger partial charge is 0.399 e. The summed E-state index contributed by atoms with van der Waals surface area (Å²) in [5.74, 6) is -5.41. The molecule has 0 spiro atoms. The number of ether oxygens (including phenoxy) is 1. The van der Waals surface area contributed by atoms with Crippen molar-refractivity contribution in [2.75, 3.05) is 0 Å². The zero-order chi connectivity index (χ0) is 20.5. The number of fused-ring (bicyclic) bond motifs is 1. The largest absolute Gasteiger partial charge is 0.573 e. The lowest BCUT2D eigenvalue weighted by Gasteiger charge is -2.13. The van der Waals surface area contributed by atoms with E-state index >= 15 is 0 Å². The quantitative estimate of drug-likeness (QED) is 0.414. The van der Waals surface area contributed by atoms with E-state index in [4.69, 9.17) is 0 Å². The highest BCUT2D eigenvalue weighted by Gasteiger charge is 2.34. The van der Waals surface area contributed by atoms with Gasteiger partial charge in [0, 0.05) is 10.9 Å². The first-order chi connectivity index (χ1) is 13.2. The van der Waals surface area contributed by atoms with Gasteiger partial charge in [0.05, 0.1) is 0 Å². The highest BCUT2D eigenvalue weighted by molar-refractivity contribution is 5.88. The maximum atomic E-state index is 14.9. The van der Waals surface area contributed by atoms with Gasteiger partial charge in [0.1, 0.15) is 5.82 Å². The van der Waals surface area contributed by atoms with Crippen molar-refractivity contribution in [2.45, 2.75) is 32.5 Å². The molecule has 0 saturated carbocycles. The number of hydrogen-bond donors (Lipinski definition) is 0. The van der Waals surface area contributed by atoms with Crippen molar-refractivity contribution < 1.29 is 31.1 Å². The first-order valence-electron chi connectivity index (χ1n) is 8.66. The van der Waals surface area contributed by atoms with Crippen molar-refractivity contribution in [2.24, 2.45) is 0 Å². The second-order valence-electron chi connectivity index (χ2n) is 6.40. The zero-order valence-corrected chi connectivity index (χ0v) is 14.8. The van der Waals surface area contributed by atoms with Crippen molar-refractivity contribution in [3.63, 3.8) is 0 Å². The molecule has 0 saturated heterocycles. The molecule has 0 fully saturated rings. The monoisotopic (exact) mass is 398 g/mol. The number of benzene rings is 3. The third-order valence-corrected chi connectivity index (χ3v) is 4.36. The molecule has 28 heavy (non-hydrogen) atoms. The molecule has 3 aromatic carbocycles. The van der Waals surface area contributed by atoms with Gasteiger partial charge >= 0.3 is 6.36 Å². The van der Waals surface area contributed by atoms with Crippen LogP contribution in [0.1, 0.15) is 25.3 Å². The molecule has 1 nitrogen and oxygen atoms in total. The van der Waals surface area contributed by atoms with Gasteiger partial charge < -0.3 is 4.74 Å². The van der Waals surface area contributed by atoms with Crippen LogP contribution in [0.3, 0.4) is 0 Å². The first kappa shape index (κ1) is 20.0. The molecular formula is C21H16F6O. The summed E-state index contributed by atoms with van der Waals surface area (Å²) in [4.78, 5) is 0. The van der Waals surface area contributed by atoms with E-state index in [1.165, 1.54) is 6.07 Å². The molecule has 0 aliphatic carbocycles. The van der Waals surface area contributed by atoms with Crippen LogP contribution in [0.15, 0.2) is 42.5 Å². The molecule has 0 radical (unpaired) electrons. The van der Waals surface area contributed by atoms with Gasteiger partial charge in [0.25, 0.3) is 0 Å². The van der Waals surface area contributed by atoms with Gasteiger partial charge in [0.2, 0.25) is 5.75 Å². The molecule has 0 heterocycles. The van der Waals surface area contributed by atoms with Crippen molar-refractivity contribution in [3.8, 4) is 16.9 Å². The molecule has 0 bridgehead atoms. The molecular weight excluding hydrogens is 382 g/mol. The van der Waals surface area contributed by atoms with Gasteiger partial charge in [-0.1, -0.05) is 43.7 Å². The lowest BCUT2D eigenvalue weighted by Crippen LogP contribution is -2.19. The lowest BCUT2D eigenvalue weighted by molar-refractivity contribution is -0.276. The third kappa shape index (κ3) is 4.24. The molecule has 0 N–H and O–H groups in total. The number of hydrogen-bond acceptors (Lipinski definition) is 1. The molecule has 3 rings (SSSR count). The van der Waals surface area contributed by atoms with Crippen LogP contribution >= 0.6 is 0 Å². The van der Waals surface area contributed by atoms with Gasteiger partial charge in [-0.3, -0.25) is 0 Å². The average Bonchev–Trinajstić information content (AvgIpc) is 2.62. The minimum atomic E-state index is -5.24. The summed E-state index contributed by atoms with van der Waals surface area (Å²) in [5.41, 5.74) is 0.705. The van der Waals surface area contributed by atoms with E-state index in [0.29, 0.717) is 17.5 Å². The Kier molecular flexibility index (Phi) is 5.54. The molecule has 148 valence electrons. The van der Waals surface area contributed by atoms with Crippen LogP contribution in [0.4, 0.5) is 26.3 Å². The zero-order valence-electron chi connectivity index (χ0n) is 14.8. The third-order valence-electron chi connectivity index (χ3n) is 4.36. The van der Waals surface area contributed by atoms with Gasteiger partial charge in [-0.05, 0) is 41.5 Å². The van der Waals surface area contributed by atoms with Crippen molar-refractivity contribution >= 4 is 10.8 Å². The number of alkyl halides is 3. The van der Waals surface area contributed by atoms with Crippen molar-refractivity contribution in [1.82, 2.24) is 0 Å². The fourth-order valence-electron chi connectivity index (χ4n) is 3.03. The van der Waals surface area contributed by atoms with E-state index in [-0.39, 0.29) is 16.5 Å². The van der Waals surface area contributed by atoms with E-state index in [1.807, 2.05) is 6.07 Å². The summed E-state index contributed by atoms with van der Waals surface area (Å²) in [6.07, 6.45) is -2.37. The Morgan fingerprint density at radius 3 is 2.18 bits per heavy atom. The van der Waals surface area contributed by atoms with Gasteiger partial charge in [-0.15, -0.1) is 13.2 Å². The summed E-state index contributed by atoms with van der Waals surface area (Å²) < 4.78 is 83.0. The maximum absolute atomic E-state index is 14.9. The van der Waals surface area contributed by atoms with Crippen molar-refractivity contribution in [1.29, 1.82) is 0 Å². The normalized spacial score (nSPS) is 11.8. The summed E-state index contributed by atoms with van der Waals surface area (Å²) in [6, 6.07) is 9.41. The Balaban J connectivity index is 2.03. The fourth-order valence-corrected chi connectivity index (χ4v) is 3.03. The topological polar surface area (TPSA) is 9.23 Å². The van der Waals surface area contributed by atoms with Crippen LogP contribution in [-0.2, 0) is 6.42 Å². The maximum Gasteiger partial charge on any atom is 0.573 e. The number of rotatable bonds is 5. The minimum Gasteiger partial charge on any atom is -0.399 e. The van der Waals surface area contributed by atoms with E-state index in [9.17, 15) is 26.3 Å². The molecule has 0 amide bonds. The summed E-state index contributed by atoms with van der Waals surface area (Å²) in [5, 5.41) is 0.891. The van der Waals surface area contributed by atoms with Gasteiger partial charge in [-0.25, -0.2) is 13.2 Å². The number of halogens is 6. The molecule has 0 aromatic heterocycles. The van der Waals surface area contributed by atoms with E-state index in [0.717, 1.165) is 24.8 Å². The number of aryl methyl sites for hydroxylation is 1. The Bertz CT molecular complexity index is 987. The Hall–Kier alpha value is -2.70. The highest BCUT2D eigenvalue weighted by atomic mass is 19.4. The molecule has 0 aliphatic rings. The standard InChI is InChI=1S/C21H16F6O/c1-2-3-4-12-5-7-15-13(9-12)6-8-16(19(15)24)14-10-17(22)20(18(23)11-14)28-21(25,26)27/h5-11H,2-4H2,1H3. The predicted octanol–water partition coefficient (Wildman–Crippen LogP) is 7.17. The summed E-state index contributed by atoms with van der Waals surface area (Å²) in [6.45, 7) is 2.07. The summed E-state index contributed by atoms with van der Waals surface area (Å²) >= 11 is 0. The second kappa shape index (κ2) is 7.73. The second-order valence-corrected chi connectivity index (χ2v) is 6.40. The lowest BCUT2D eigenvalue weighted by atomic mass is 9.97. The van der Waals surface area contributed by atoms with Crippen LogP contribution in [0.25, 0.3) is 21.9 Å². The molecule has 7 heteroatoms. The van der Waals surface area contributed by atoms with Crippen LogP contribution < -0.4 is 4.74 Å². The molecule has 0 aliphatic heterocycles. The fraction of sp³-hybridized carbons (Fsp3) is 0.238. The number of unbranched alkanes of at least 4 members (excludes halogenated alkanes) is 1.